The lowest BCUT2D eigenvalue weighted by atomic mass is 10.1. The number of carbonyl (C=O) groups is 1. The Bertz CT molecular complexity index is 594. The summed E-state index contributed by atoms with van der Waals surface area (Å²) in [4.78, 5) is 15.7. The fraction of sp³-hybridized carbons (Fsp3) is 0.333. The van der Waals surface area contributed by atoms with Crippen molar-refractivity contribution in [2.45, 2.75) is 32.7 Å². The summed E-state index contributed by atoms with van der Waals surface area (Å²) in [6.45, 7) is 6.03. The van der Waals surface area contributed by atoms with E-state index in [0.29, 0.717) is 5.82 Å². The van der Waals surface area contributed by atoms with Crippen LogP contribution in [0.25, 0.3) is 0 Å². The number of aromatic carboxylic acids is 1. The summed E-state index contributed by atoms with van der Waals surface area (Å²) in [5, 5.41) is 16.5. The second-order valence-electron chi connectivity index (χ2n) is 5.05. The molecule has 20 heavy (non-hydrogen) atoms. The maximum atomic E-state index is 11.2. The Balaban J connectivity index is 2.28. The van der Waals surface area contributed by atoms with E-state index in [-0.39, 0.29) is 17.5 Å². The van der Waals surface area contributed by atoms with Gasteiger partial charge in [0.1, 0.15) is 5.82 Å². The zero-order valence-electron chi connectivity index (χ0n) is 11.8. The molecule has 1 unspecified atom stereocenters. The Morgan fingerprint density at radius 2 is 2.10 bits per heavy atom. The Hall–Kier alpha value is -1.88. The van der Waals surface area contributed by atoms with Crippen LogP contribution in [0.2, 0.25) is 0 Å². The van der Waals surface area contributed by atoms with Crippen LogP contribution in [0, 0.1) is 0 Å². The lowest BCUT2D eigenvalue weighted by Gasteiger charge is -2.16. The average Bonchev–Trinajstić information content (AvgIpc) is 2.92. The second-order valence-corrected chi connectivity index (χ2v) is 5.83. The van der Waals surface area contributed by atoms with Gasteiger partial charge in [-0.3, -0.25) is 0 Å². The number of nitrogens with one attached hydrogen (secondary N) is 1. The van der Waals surface area contributed by atoms with E-state index in [4.69, 9.17) is 0 Å². The van der Waals surface area contributed by atoms with Crippen molar-refractivity contribution in [1.82, 2.24) is 4.98 Å². The van der Waals surface area contributed by atoms with Crippen LogP contribution < -0.4 is 5.32 Å². The minimum atomic E-state index is -0.930. The average molecular weight is 290 g/mol. The Morgan fingerprint density at radius 1 is 1.35 bits per heavy atom. The quantitative estimate of drug-likeness (QED) is 0.868. The molecular weight excluding hydrogens is 272 g/mol. The largest absolute Gasteiger partial charge is 0.478 e. The molecule has 0 spiro atoms. The number of carboxylic acid groups (broad SMARTS) is 1. The first kappa shape index (κ1) is 14.5. The smallest absolute Gasteiger partial charge is 0.335 e. The monoisotopic (exact) mass is 290 g/mol. The number of hydrogen-bond donors (Lipinski definition) is 2. The number of hydrogen-bond acceptors (Lipinski definition) is 4. The molecule has 4 nitrogen and oxygen atoms in total. The topological polar surface area (TPSA) is 62.2 Å². The van der Waals surface area contributed by atoms with E-state index in [1.807, 2.05) is 32.2 Å². The summed E-state index contributed by atoms with van der Waals surface area (Å²) in [6, 6.07) is 5.36. The van der Waals surface area contributed by atoms with E-state index in [0.717, 1.165) is 5.69 Å². The zero-order valence-corrected chi connectivity index (χ0v) is 12.6. The summed E-state index contributed by atoms with van der Waals surface area (Å²) in [6.07, 6.45) is 0. The molecule has 5 heteroatoms. The molecule has 0 aliphatic carbocycles. The van der Waals surface area contributed by atoms with E-state index in [2.05, 4.69) is 15.7 Å². The van der Waals surface area contributed by atoms with Crippen molar-refractivity contribution >= 4 is 23.1 Å². The van der Waals surface area contributed by atoms with E-state index >= 15 is 0 Å². The van der Waals surface area contributed by atoms with Gasteiger partial charge >= 0.3 is 5.97 Å². The van der Waals surface area contributed by atoms with Crippen molar-refractivity contribution in [2.24, 2.45) is 0 Å². The molecule has 0 saturated heterocycles. The number of anilines is 1. The highest BCUT2D eigenvalue weighted by atomic mass is 32.1. The molecule has 2 N–H and O–H groups in total. The molecule has 2 rings (SSSR count). The molecule has 106 valence electrons. The molecule has 0 aliphatic rings. The molecule has 0 bridgehead atoms. The Morgan fingerprint density at radius 3 is 2.65 bits per heavy atom. The lowest BCUT2D eigenvalue weighted by molar-refractivity contribution is 0.0696. The van der Waals surface area contributed by atoms with Gasteiger partial charge in [-0.1, -0.05) is 13.8 Å². The van der Waals surface area contributed by atoms with E-state index in [9.17, 15) is 9.90 Å². The first-order valence-electron chi connectivity index (χ1n) is 6.51. The molecule has 0 aromatic carbocycles. The van der Waals surface area contributed by atoms with Gasteiger partial charge in [0, 0.05) is 5.69 Å². The first-order chi connectivity index (χ1) is 9.47. The van der Waals surface area contributed by atoms with Gasteiger partial charge in [-0.15, -0.1) is 0 Å². The highest BCUT2D eigenvalue weighted by Gasteiger charge is 2.13. The van der Waals surface area contributed by atoms with Crippen molar-refractivity contribution in [3.05, 3.63) is 45.8 Å². The Labute approximate surface area is 122 Å². The summed E-state index contributed by atoms with van der Waals surface area (Å²) in [5.41, 5.74) is 2.22. The van der Waals surface area contributed by atoms with Crippen molar-refractivity contribution < 1.29 is 9.90 Å². The van der Waals surface area contributed by atoms with E-state index in [1.54, 1.807) is 23.5 Å². The molecule has 2 aromatic heterocycles. The number of rotatable bonds is 5. The number of nitrogens with zero attached hydrogens (tertiary/aromatic N) is 1. The second kappa shape index (κ2) is 6.05. The predicted molar refractivity (Wildman–Crippen MR) is 81.6 cm³/mol. The van der Waals surface area contributed by atoms with Crippen molar-refractivity contribution in [1.29, 1.82) is 0 Å². The first-order valence-corrected chi connectivity index (χ1v) is 7.45. The summed E-state index contributed by atoms with van der Waals surface area (Å²) in [7, 11) is 0. The standard InChI is InChI=1S/C15H18N2O2S/c1-9(2)13-6-12(15(18)19)7-14(17-13)16-10(3)11-4-5-20-8-11/h4-10H,1-3H3,(H,16,17)(H,18,19). The third-order valence-corrected chi connectivity index (χ3v) is 3.79. The molecule has 2 heterocycles. The zero-order chi connectivity index (χ0) is 14.7. The number of aromatic nitrogens is 1. The van der Waals surface area contributed by atoms with Crippen molar-refractivity contribution in [3.63, 3.8) is 0 Å². The molecule has 0 radical (unpaired) electrons. The number of pyridine rings is 1. The Kier molecular flexibility index (Phi) is 4.39. The van der Waals surface area contributed by atoms with Crippen molar-refractivity contribution in [3.8, 4) is 0 Å². The van der Waals surface area contributed by atoms with Crippen LogP contribution in [-0.4, -0.2) is 16.1 Å². The van der Waals surface area contributed by atoms with Gasteiger partial charge in [-0.2, -0.15) is 11.3 Å². The number of carboxylic acids is 1. The predicted octanol–water partition coefficient (Wildman–Crippen LogP) is 4.14. The minimum Gasteiger partial charge on any atom is -0.478 e. The van der Waals surface area contributed by atoms with Gasteiger partial charge in [0.15, 0.2) is 0 Å². The van der Waals surface area contributed by atoms with Gasteiger partial charge in [-0.05, 0) is 47.4 Å². The summed E-state index contributed by atoms with van der Waals surface area (Å²) < 4.78 is 0. The van der Waals surface area contributed by atoms with Gasteiger partial charge in [0.05, 0.1) is 11.6 Å². The summed E-state index contributed by atoms with van der Waals surface area (Å²) in [5.74, 6) is -0.140. The van der Waals surface area contributed by atoms with Crippen LogP contribution in [0.1, 0.15) is 54.3 Å². The normalized spacial score (nSPS) is 12.4. The van der Waals surface area contributed by atoms with Crippen LogP contribution >= 0.6 is 11.3 Å². The lowest BCUT2D eigenvalue weighted by Crippen LogP contribution is -2.10. The molecule has 0 aliphatic heterocycles. The van der Waals surface area contributed by atoms with Crippen LogP contribution in [0.4, 0.5) is 5.82 Å². The van der Waals surface area contributed by atoms with Gasteiger partial charge < -0.3 is 10.4 Å². The molecular formula is C15H18N2O2S. The van der Waals surface area contributed by atoms with Gasteiger partial charge in [0.2, 0.25) is 0 Å². The SMILES string of the molecule is CC(C)c1cc(C(=O)O)cc(NC(C)c2ccsc2)n1. The van der Waals surface area contributed by atoms with Crippen LogP contribution in [0.3, 0.4) is 0 Å². The third-order valence-electron chi connectivity index (χ3n) is 3.09. The molecule has 1 atom stereocenters. The van der Waals surface area contributed by atoms with Crippen LogP contribution in [-0.2, 0) is 0 Å². The minimum absolute atomic E-state index is 0.0952. The molecule has 0 saturated carbocycles. The van der Waals surface area contributed by atoms with Crippen LogP contribution in [0.15, 0.2) is 29.0 Å². The number of thiophene rings is 1. The summed E-state index contributed by atoms with van der Waals surface area (Å²) >= 11 is 1.64. The fourth-order valence-corrected chi connectivity index (χ4v) is 2.63. The van der Waals surface area contributed by atoms with E-state index < -0.39 is 5.97 Å². The van der Waals surface area contributed by atoms with Gasteiger partial charge in [0.25, 0.3) is 0 Å². The van der Waals surface area contributed by atoms with Crippen LogP contribution in [0.5, 0.6) is 0 Å². The molecule has 0 amide bonds. The maximum absolute atomic E-state index is 11.2. The van der Waals surface area contributed by atoms with Gasteiger partial charge in [-0.25, -0.2) is 9.78 Å². The highest BCUT2D eigenvalue weighted by molar-refractivity contribution is 7.07. The van der Waals surface area contributed by atoms with Crippen molar-refractivity contribution in [2.75, 3.05) is 5.32 Å². The molecule has 2 aromatic rings. The molecule has 0 fully saturated rings. The maximum Gasteiger partial charge on any atom is 0.335 e. The fourth-order valence-electron chi connectivity index (χ4n) is 1.87. The third kappa shape index (κ3) is 3.36. The van der Waals surface area contributed by atoms with E-state index in [1.165, 1.54) is 5.56 Å². The highest BCUT2D eigenvalue weighted by Crippen LogP contribution is 2.23.